The number of nitrogens with one attached hydrogen (secondary N) is 1. The van der Waals surface area contributed by atoms with E-state index in [0.29, 0.717) is 19.4 Å². The molecular weight excluding hydrogens is 1040 g/mol. The monoisotopic (exact) mass is 1200 g/mol. The molecule has 506 valence electrons. The van der Waals surface area contributed by atoms with E-state index in [4.69, 9.17) is 4.74 Å². The van der Waals surface area contributed by atoms with Gasteiger partial charge >= 0.3 is 5.97 Å². The van der Waals surface area contributed by atoms with Gasteiger partial charge in [-0.1, -0.05) is 424 Å². The van der Waals surface area contributed by atoms with E-state index in [9.17, 15) is 19.8 Å². The average molecular weight is 1200 g/mol. The van der Waals surface area contributed by atoms with E-state index in [0.717, 1.165) is 38.5 Å². The fourth-order valence-corrected chi connectivity index (χ4v) is 12.8. The molecule has 3 N–H and O–H groups in total. The van der Waals surface area contributed by atoms with Crippen molar-refractivity contribution in [3.8, 4) is 0 Å². The summed E-state index contributed by atoms with van der Waals surface area (Å²) in [6, 6.07) is -0.623. The fraction of sp³-hybridized carbons (Fsp3) is 0.949. The number of aliphatic hydroxyl groups excluding tert-OH is 2. The van der Waals surface area contributed by atoms with Gasteiger partial charge in [0.25, 0.3) is 0 Å². The lowest BCUT2D eigenvalue weighted by Gasteiger charge is -2.20. The van der Waals surface area contributed by atoms with Gasteiger partial charge in [0.2, 0.25) is 5.91 Å². The lowest BCUT2D eigenvalue weighted by molar-refractivity contribution is -0.143. The van der Waals surface area contributed by atoms with E-state index in [1.54, 1.807) is 6.08 Å². The molecule has 0 rings (SSSR count). The third-order valence-electron chi connectivity index (χ3n) is 18.8. The molecule has 0 bridgehead atoms. The number of amides is 1. The molecule has 0 spiro atoms. The second-order valence-corrected chi connectivity index (χ2v) is 27.4. The van der Waals surface area contributed by atoms with Crippen LogP contribution < -0.4 is 5.32 Å². The highest BCUT2D eigenvalue weighted by atomic mass is 16.5. The van der Waals surface area contributed by atoms with E-state index in [-0.39, 0.29) is 18.5 Å². The van der Waals surface area contributed by atoms with Gasteiger partial charge in [0.05, 0.1) is 25.4 Å². The maximum Gasteiger partial charge on any atom is 0.305 e. The van der Waals surface area contributed by atoms with Crippen LogP contribution in [-0.4, -0.2) is 47.4 Å². The van der Waals surface area contributed by atoms with Gasteiger partial charge in [-0.25, -0.2) is 0 Å². The van der Waals surface area contributed by atoms with Crippen LogP contribution >= 0.6 is 0 Å². The third-order valence-corrected chi connectivity index (χ3v) is 18.8. The number of hydrogen-bond acceptors (Lipinski definition) is 5. The van der Waals surface area contributed by atoms with Crippen molar-refractivity contribution in [2.45, 2.75) is 469 Å². The molecule has 2 atom stereocenters. The minimum Gasteiger partial charge on any atom is -0.466 e. The number of hydrogen-bond donors (Lipinski definition) is 3. The summed E-state index contributed by atoms with van der Waals surface area (Å²) in [4.78, 5) is 24.6. The van der Waals surface area contributed by atoms with Crippen LogP contribution in [0.15, 0.2) is 12.2 Å². The average Bonchev–Trinajstić information content (AvgIpc) is 3.55. The first-order valence-corrected chi connectivity index (χ1v) is 39.5. The smallest absolute Gasteiger partial charge is 0.305 e. The number of aliphatic hydroxyl groups is 2. The summed E-state index contributed by atoms with van der Waals surface area (Å²) in [5, 5.41) is 23.3. The molecule has 0 aromatic carbocycles. The number of ether oxygens (including phenoxy) is 1. The molecule has 2 unspecified atom stereocenters. The summed E-state index contributed by atoms with van der Waals surface area (Å²) in [6.45, 7) is 4.96. The van der Waals surface area contributed by atoms with Gasteiger partial charge in [-0.2, -0.15) is 0 Å². The Hall–Kier alpha value is -1.40. The zero-order valence-corrected chi connectivity index (χ0v) is 58.1. The normalized spacial score (nSPS) is 12.5. The lowest BCUT2D eigenvalue weighted by Crippen LogP contribution is -2.45. The Labute approximate surface area is 533 Å². The third kappa shape index (κ3) is 71.6. The Bertz CT molecular complexity index is 1290. The Morgan fingerprint density at radius 2 is 0.541 bits per heavy atom. The maximum atomic E-state index is 12.5. The second kappa shape index (κ2) is 75.1. The fourth-order valence-electron chi connectivity index (χ4n) is 12.8. The highest BCUT2D eigenvalue weighted by Gasteiger charge is 2.18. The molecular formula is C79H155NO5. The summed E-state index contributed by atoms with van der Waals surface area (Å²) in [5.41, 5.74) is 0. The van der Waals surface area contributed by atoms with E-state index >= 15 is 0 Å². The van der Waals surface area contributed by atoms with Gasteiger partial charge in [-0.05, 0) is 32.1 Å². The molecule has 0 saturated heterocycles. The lowest BCUT2D eigenvalue weighted by atomic mass is 10.0. The Kier molecular flexibility index (Phi) is 73.8. The SMILES string of the molecule is CCCCCCCCCCCCCCCCCCCC/C=C/C(O)C(CO)NC(=O)CCCCCCCCCCCCCCCCCCCCCCCCCCCCCCCCCCCCCCCOC(=O)CCCCCCCCCCCCC. The quantitative estimate of drug-likeness (QED) is 0.0320. The van der Waals surface area contributed by atoms with Gasteiger partial charge < -0.3 is 20.3 Å². The molecule has 0 heterocycles. The summed E-state index contributed by atoms with van der Waals surface area (Å²) in [5.74, 6) is -0.0334. The first kappa shape index (κ1) is 83.6. The van der Waals surface area contributed by atoms with Crippen LogP contribution in [0.2, 0.25) is 0 Å². The maximum absolute atomic E-state index is 12.5. The second-order valence-electron chi connectivity index (χ2n) is 27.4. The molecule has 0 aliphatic heterocycles. The molecule has 6 heteroatoms. The van der Waals surface area contributed by atoms with E-state index < -0.39 is 12.1 Å². The van der Waals surface area contributed by atoms with Crippen molar-refractivity contribution < 1.29 is 24.5 Å². The van der Waals surface area contributed by atoms with Crippen molar-refractivity contribution in [3.63, 3.8) is 0 Å². The van der Waals surface area contributed by atoms with Crippen molar-refractivity contribution in [1.29, 1.82) is 0 Å². The molecule has 0 aromatic heterocycles. The Morgan fingerprint density at radius 3 is 0.800 bits per heavy atom. The first-order valence-electron chi connectivity index (χ1n) is 39.5. The van der Waals surface area contributed by atoms with Crippen LogP contribution in [0.1, 0.15) is 457 Å². The van der Waals surface area contributed by atoms with E-state index in [1.165, 1.54) is 392 Å². The van der Waals surface area contributed by atoms with Crippen LogP contribution in [-0.2, 0) is 14.3 Å². The molecule has 0 aromatic rings. The zero-order valence-electron chi connectivity index (χ0n) is 58.1. The minimum absolute atomic E-state index is 0.0239. The molecule has 0 aliphatic carbocycles. The Balaban J connectivity index is 3.32. The highest BCUT2D eigenvalue weighted by molar-refractivity contribution is 5.76. The van der Waals surface area contributed by atoms with Gasteiger partial charge in [-0.15, -0.1) is 0 Å². The number of rotatable bonds is 75. The van der Waals surface area contributed by atoms with Crippen LogP contribution in [0.5, 0.6) is 0 Å². The van der Waals surface area contributed by atoms with Gasteiger partial charge in [0, 0.05) is 12.8 Å². The largest absolute Gasteiger partial charge is 0.466 e. The minimum atomic E-state index is -0.841. The molecule has 85 heavy (non-hydrogen) atoms. The van der Waals surface area contributed by atoms with Crippen molar-refractivity contribution in [2.75, 3.05) is 13.2 Å². The van der Waals surface area contributed by atoms with Crippen LogP contribution in [0, 0.1) is 0 Å². The predicted molar refractivity (Wildman–Crippen MR) is 375 cm³/mol. The van der Waals surface area contributed by atoms with Crippen molar-refractivity contribution in [2.24, 2.45) is 0 Å². The predicted octanol–water partition coefficient (Wildman–Crippen LogP) is 25.9. The van der Waals surface area contributed by atoms with Crippen molar-refractivity contribution in [1.82, 2.24) is 5.32 Å². The van der Waals surface area contributed by atoms with Gasteiger partial charge in [-0.3, -0.25) is 9.59 Å². The van der Waals surface area contributed by atoms with Crippen molar-refractivity contribution >= 4 is 11.9 Å². The summed E-state index contributed by atoms with van der Waals surface area (Å²) in [6.07, 6.45) is 94.9. The number of carbonyl (C=O) groups excluding carboxylic acids is 2. The molecule has 0 fully saturated rings. The van der Waals surface area contributed by atoms with Crippen LogP contribution in [0.25, 0.3) is 0 Å². The number of esters is 1. The highest BCUT2D eigenvalue weighted by Crippen LogP contribution is 2.20. The number of allylic oxidation sites excluding steroid dienone is 1. The molecule has 0 aliphatic rings. The zero-order chi connectivity index (χ0) is 61.3. The molecule has 0 saturated carbocycles. The molecule has 1 amide bonds. The molecule has 0 radical (unpaired) electrons. The van der Waals surface area contributed by atoms with Crippen LogP contribution in [0.4, 0.5) is 0 Å². The number of carbonyl (C=O) groups is 2. The van der Waals surface area contributed by atoms with E-state index in [2.05, 4.69) is 19.2 Å². The summed E-state index contributed by atoms with van der Waals surface area (Å²) >= 11 is 0. The number of unbranched alkanes of at least 4 members (excludes halogenated alkanes) is 64. The van der Waals surface area contributed by atoms with E-state index in [1.807, 2.05) is 6.08 Å². The summed E-state index contributed by atoms with van der Waals surface area (Å²) in [7, 11) is 0. The van der Waals surface area contributed by atoms with Crippen molar-refractivity contribution in [3.05, 3.63) is 12.2 Å². The molecule has 6 nitrogen and oxygen atoms in total. The van der Waals surface area contributed by atoms with Crippen LogP contribution in [0.3, 0.4) is 0 Å². The topological polar surface area (TPSA) is 95.9 Å². The van der Waals surface area contributed by atoms with Gasteiger partial charge in [0.15, 0.2) is 0 Å². The Morgan fingerprint density at radius 1 is 0.318 bits per heavy atom. The van der Waals surface area contributed by atoms with Gasteiger partial charge in [0.1, 0.15) is 0 Å². The first-order chi connectivity index (χ1) is 42.0. The summed E-state index contributed by atoms with van der Waals surface area (Å²) < 4.78 is 5.48. The standard InChI is InChI=1S/C79H155NO5/c1-3-5-7-9-11-13-15-16-17-18-19-39-42-45-48-52-55-59-63-67-71-77(82)76(75-81)80-78(83)72-68-64-60-56-53-49-46-43-40-37-35-33-31-29-27-25-23-21-20-22-24-26-28-30-32-34-36-38-41-44-47-50-54-58-62-66-70-74-85-79(84)73-69-65-61-57-51-14-12-10-8-6-4-2/h67,71,76-77,81-82H,3-66,68-70,72-75H2,1-2H3,(H,80,83)/b71-67+.